The molecule has 2 rings (SSSR count). The van der Waals surface area contributed by atoms with E-state index in [9.17, 15) is 0 Å². The smallest absolute Gasteiger partial charge is 0.0606 e. The second-order valence-corrected chi connectivity index (χ2v) is 3.44. The minimum absolute atomic E-state index is 0.653. The van der Waals surface area contributed by atoms with Gasteiger partial charge in [-0.1, -0.05) is 13.3 Å². The molecule has 1 heterocycles. The van der Waals surface area contributed by atoms with E-state index in [-0.39, 0.29) is 0 Å². The van der Waals surface area contributed by atoms with E-state index in [1.165, 1.54) is 19.3 Å². The standard InChI is InChI=1S/C8H14O/c1-6-5-9-8-4-2-3-7(6)8/h6-8H,2-5H2,1H3/t6-,7-,8-/m1/s1. The minimum Gasteiger partial charge on any atom is -0.378 e. The lowest BCUT2D eigenvalue weighted by atomic mass is 9.95. The Hall–Kier alpha value is -0.0400. The molecule has 0 N–H and O–H groups in total. The molecule has 1 heteroatoms. The quantitative estimate of drug-likeness (QED) is 0.481. The second-order valence-electron chi connectivity index (χ2n) is 3.44. The lowest BCUT2D eigenvalue weighted by molar-refractivity contribution is 0.101. The lowest BCUT2D eigenvalue weighted by Gasteiger charge is -2.09. The summed E-state index contributed by atoms with van der Waals surface area (Å²) >= 11 is 0. The molecule has 1 aliphatic heterocycles. The SMILES string of the molecule is C[C@@H]1CO[C@@H]2CCC[C@H]12. The summed E-state index contributed by atoms with van der Waals surface area (Å²) < 4.78 is 5.59. The number of hydrogen-bond acceptors (Lipinski definition) is 1. The van der Waals surface area contributed by atoms with Crippen molar-refractivity contribution < 1.29 is 4.74 Å². The number of fused-ring (bicyclic) bond motifs is 1. The second kappa shape index (κ2) is 1.98. The maximum atomic E-state index is 5.59. The van der Waals surface area contributed by atoms with Gasteiger partial charge in [0.15, 0.2) is 0 Å². The van der Waals surface area contributed by atoms with Gasteiger partial charge in [0.25, 0.3) is 0 Å². The Morgan fingerprint density at radius 2 is 2.22 bits per heavy atom. The molecule has 0 spiro atoms. The predicted octanol–water partition coefficient (Wildman–Crippen LogP) is 1.82. The maximum Gasteiger partial charge on any atom is 0.0606 e. The summed E-state index contributed by atoms with van der Waals surface area (Å²) in [7, 11) is 0. The molecule has 2 fully saturated rings. The van der Waals surface area contributed by atoms with Crippen LogP contribution in [0, 0.1) is 11.8 Å². The van der Waals surface area contributed by atoms with Gasteiger partial charge < -0.3 is 4.74 Å². The predicted molar refractivity (Wildman–Crippen MR) is 36.2 cm³/mol. The van der Waals surface area contributed by atoms with Crippen LogP contribution in [0.3, 0.4) is 0 Å². The highest BCUT2D eigenvalue weighted by Gasteiger charge is 2.37. The average molecular weight is 126 g/mol. The lowest BCUT2D eigenvalue weighted by Crippen LogP contribution is -2.10. The third-order valence-electron chi connectivity index (χ3n) is 2.81. The Morgan fingerprint density at radius 3 is 3.00 bits per heavy atom. The van der Waals surface area contributed by atoms with Crippen LogP contribution >= 0.6 is 0 Å². The topological polar surface area (TPSA) is 9.23 Å². The van der Waals surface area contributed by atoms with Gasteiger partial charge >= 0.3 is 0 Å². The van der Waals surface area contributed by atoms with Gasteiger partial charge in [-0.05, 0) is 24.7 Å². The van der Waals surface area contributed by atoms with Crippen LogP contribution in [0.5, 0.6) is 0 Å². The first-order valence-electron chi connectivity index (χ1n) is 3.99. The van der Waals surface area contributed by atoms with Crippen molar-refractivity contribution in [1.29, 1.82) is 0 Å². The molecule has 3 atom stereocenters. The third-order valence-corrected chi connectivity index (χ3v) is 2.81. The first kappa shape index (κ1) is 5.72. The molecule has 1 aliphatic carbocycles. The Bertz CT molecular complexity index is 111. The normalized spacial score (nSPS) is 49.7. The van der Waals surface area contributed by atoms with Gasteiger partial charge in [-0.15, -0.1) is 0 Å². The van der Waals surface area contributed by atoms with Gasteiger partial charge in [0, 0.05) is 6.61 Å². The van der Waals surface area contributed by atoms with Crippen molar-refractivity contribution in [1.82, 2.24) is 0 Å². The summed E-state index contributed by atoms with van der Waals surface area (Å²) in [6.07, 6.45) is 4.81. The minimum atomic E-state index is 0.653. The molecule has 2 aliphatic rings. The van der Waals surface area contributed by atoms with Crippen LogP contribution < -0.4 is 0 Å². The summed E-state index contributed by atoms with van der Waals surface area (Å²) in [6, 6.07) is 0. The molecule has 0 aromatic heterocycles. The highest BCUT2D eigenvalue weighted by molar-refractivity contribution is 4.86. The number of rotatable bonds is 0. The van der Waals surface area contributed by atoms with E-state index in [4.69, 9.17) is 4.74 Å². The largest absolute Gasteiger partial charge is 0.378 e. The van der Waals surface area contributed by atoms with Crippen molar-refractivity contribution in [3.8, 4) is 0 Å². The molecular formula is C8H14O. The Morgan fingerprint density at radius 1 is 1.33 bits per heavy atom. The fourth-order valence-electron chi connectivity index (χ4n) is 2.21. The maximum absolute atomic E-state index is 5.59. The molecule has 1 nitrogen and oxygen atoms in total. The molecule has 0 aromatic rings. The van der Waals surface area contributed by atoms with E-state index in [2.05, 4.69) is 6.92 Å². The van der Waals surface area contributed by atoms with Crippen LogP contribution in [-0.4, -0.2) is 12.7 Å². The van der Waals surface area contributed by atoms with Crippen molar-refractivity contribution >= 4 is 0 Å². The zero-order chi connectivity index (χ0) is 6.27. The molecule has 1 saturated heterocycles. The van der Waals surface area contributed by atoms with Gasteiger partial charge in [-0.3, -0.25) is 0 Å². The highest BCUT2D eigenvalue weighted by Crippen LogP contribution is 2.38. The molecule has 0 radical (unpaired) electrons. The van der Waals surface area contributed by atoms with Crippen LogP contribution in [0.4, 0.5) is 0 Å². The van der Waals surface area contributed by atoms with Gasteiger partial charge in [-0.2, -0.15) is 0 Å². The van der Waals surface area contributed by atoms with Gasteiger partial charge in [-0.25, -0.2) is 0 Å². The first-order chi connectivity index (χ1) is 4.38. The van der Waals surface area contributed by atoms with Crippen molar-refractivity contribution in [2.45, 2.75) is 32.3 Å². The van der Waals surface area contributed by atoms with E-state index < -0.39 is 0 Å². The highest BCUT2D eigenvalue weighted by atomic mass is 16.5. The number of ether oxygens (including phenoxy) is 1. The monoisotopic (exact) mass is 126 g/mol. The van der Waals surface area contributed by atoms with Crippen LogP contribution in [0.25, 0.3) is 0 Å². The molecule has 0 unspecified atom stereocenters. The summed E-state index contributed by atoms with van der Waals surface area (Å²) in [4.78, 5) is 0. The Balaban J connectivity index is 2.07. The van der Waals surface area contributed by atoms with E-state index in [1.54, 1.807) is 0 Å². The van der Waals surface area contributed by atoms with Gasteiger partial charge in [0.05, 0.1) is 6.10 Å². The van der Waals surface area contributed by atoms with Gasteiger partial charge in [0.2, 0.25) is 0 Å². The molecule has 52 valence electrons. The molecule has 0 bridgehead atoms. The average Bonchev–Trinajstić information content (AvgIpc) is 2.35. The molecular weight excluding hydrogens is 112 g/mol. The Labute approximate surface area is 56.4 Å². The van der Waals surface area contributed by atoms with Crippen molar-refractivity contribution in [3.05, 3.63) is 0 Å². The van der Waals surface area contributed by atoms with Crippen LogP contribution in [-0.2, 0) is 4.74 Å². The van der Waals surface area contributed by atoms with E-state index >= 15 is 0 Å². The molecule has 0 aromatic carbocycles. The summed E-state index contributed by atoms with van der Waals surface area (Å²) in [5.41, 5.74) is 0. The number of hydrogen-bond donors (Lipinski definition) is 0. The fourth-order valence-corrected chi connectivity index (χ4v) is 2.21. The molecule has 9 heavy (non-hydrogen) atoms. The van der Waals surface area contributed by atoms with E-state index in [0.29, 0.717) is 6.10 Å². The van der Waals surface area contributed by atoms with Gasteiger partial charge in [0.1, 0.15) is 0 Å². The zero-order valence-corrected chi connectivity index (χ0v) is 5.97. The van der Waals surface area contributed by atoms with Crippen LogP contribution in [0.1, 0.15) is 26.2 Å². The molecule has 1 saturated carbocycles. The van der Waals surface area contributed by atoms with Crippen molar-refractivity contribution in [3.63, 3.8) is 0 Å². The molecule has 0 amide bonds. The van der Waals surface area contributed by atoms with Crippen molar-refractivity contribution in [2.24, 2.45) is 11.8 Å². The summed E-state index contributed by atoms with van der Waals surface area (Å²) in [5, 5.41) is 0. The zero-order valence-electron chi connectivity index (χ0n) is 5.97. The summed E-state index contributed by atoms with van der Waals surface area (Å²) in [5.74, 6) is 1.77. The van der Waals surface area contributed by atoms with Crippen LogP contribution in [0.2, 0.25) is 0 Å². The fraction of sp³-hybridized carbons (Fsp3) is 1.00. The first-order valence-corrected chi connectivity index (χ1v) is 3.99. The third kappa shape index (κ3) is 0.787. The van der Waals surface area contributed by atoms with Crippen LogP contribution in [0.15, 0.2) is 0 Å². The van der Waals surface area contributed by atoms with E-state index in [1.807, 2.05) is 0 Å². The Kier molecular flexibility index (Phi) is 1.26. The van der Waals surface area contributed by atoms with E-state index in [0.717, 1.165) is 18.4 Å². The summed E-state index contributed by atoms with van der Waals surface area (Å²) in [6.45, 7) is 3.34. The van der Waals surface area contributed by atoms with Crippen molar-refractivity contribution in [2.75, 3.05) is 6.61 Å².